The molecule has 0 unspecified atom stereocenters. The summed E-state index contributed by atoms with van der Waals surface area (Å²) < 4.78 is 2.99. The molecule has 19 heavy (non-hydrogen) atoms. The highest BCUT2D eigenvalue weighted by molar-refractivity contribution is 9.10. The van der Waals surface area contributed by atoms with Crippen LogP contribution in [0.25, 0.3) is 0 Å². The van der Waals surface area contributed by atoms with Crippen LogP contribution in [0, 0.1) is 5.92 Å². The summed E-state index contributed by atoms with van der Waals surface area (Å²) in [5.74, 6) is 0.584. The van der Waals surface area contributed by atoms with Crippen molar-refractivity contribution in [2.45, 2.75) is 53.6 Å². The summed E-state index contributed by atoms with van der Waals surface area (Å²) in [6.45, 7) is 13.4. The van der Waals surface area contributed by atoms with Crippen LogP contribution in [0.1, 0.15) is 58.1 Å². The predicted octanol–water partition coefficient (Wildman–Crippen LogP) is 4.34. The van der Waals surface area contributed by atoms with Crippen molar-refractivity contribution >= 4 is 21.8 Å². The smallest absolute Gasteiger partial charge is 0.270 e. The highest BCUT2D eigenvalue weighted by Crippen LogP contribution is 2.22. The van der Waals surface area contributed by atoms with Crippen LogP contribution in [0.2, 0.25) is 0 Å². The van der Waals surface area contributed by atoms with Crippen LogP contribution in [-0.4, -0.2) is 28.0 Å². The van der Waals surface area contributed by atoms with E-state index in [4.69, 9.17) is 0 Å². The molecule has 0 aromatic carbocycles. The van der Waals surface area contributed by atoms with Gasteiger partial charge in [-0.3, -0.25) is 4.79 Å². The van der Waals surface area contributed by atoms with Gasteiger partial charge in [-0.2, -0.15) is 0 Å². The van der Waals surface area contributed by atoms with Crippen LogP contribution in [0.5, 0.6) is 0 Å². The van der Waals surface area contributed by atoms with E-state index in [0.717, 1.165) is 16.7 Å². The zero-order chi connectivity index (χ0) is 14.7. The molecule has 1 aromatic heterocycles. The quantitative estimate of drug-likeness (QED) is 0.789. The van der Waals surface area contributed by atoms with Gasteiger partial charge < -0.3 is 9.47 Å². The molecular weight excluding hydrogens is 304 g/mol. The molecule has 0 atom stereocenters. The molecule has 1 rings (SSSR count). The first kappa shape index (κ1) is 16.3. The van der Waals surface area contributed by atoms with Crippen LogP contribution in [0.3, 0.4) is 0 Å². The van der Waals surface area contributed by atoms with Crippen molar-refractivity contribution in [2.75, 3.05) is 6.54 Å². The van der Waals surface area contributed by atoms with Gasteiger partial charge in [0.25, 0.3) is 5.91 Å². The molecule has 1 amide bonds. The summed E-state index contributed by atoms with van der Waals surface area (Å²) in [5, 5.41) is 0. The predicted molar refractivity (Wildman–Crippen MR) is 83.5 cm³/mol. The molecule has 1 aromatic rings. The molecule has 0 spiro atoms. The van der Waals surface area contributed by atoms with Gasteiger partial charge >= 0.3 is 0 Å². The van der Waals surface area contributed by atoms with Crippen LogP contribution in [0.4, 0.5) is 0 Å². The van der Waals surface area contributed by atoms with Crippen molar-refractivity contribution < 1.29 is 4.79 Å². The van der Waals surface area contributed by atoms with Gasteiger partial charge in [-0.1, -0.05) is 13.8 Å². The summed E-state index contributed by atoms with van der Waals surface area (Å²) in [5.41, 5.74) is 0.760. The van der Waals surface area contributed by atoms with E-state index in [1.165, 1.54) is 0 Å². The number of nitrogens with zero attached hydrogens (tertiary/aromatic N) is 2. The Balaban J connectivity index is 3.09. The number of halogens is 1. The molecular formula is C15H25BrN2O. The first-order valence-electron chi connectivity index (χ1n) is 6.92. The van der Waals surface area contributed by atoms with Crippen LogP contribution in [-0.2, 0) is 0 Å². The van der Waals surface area contributed by atoms with E-state index in [9.17, 15) is 4.79 Å². The van der Waals surface area contributed by atoms with Crippen LogP contribution < -0.4 is 0 Å². The van der Waals surface area contributed by atoms with Gasteiger partial charge in [-0.15, -0.1) is 0 Å². The zero-order valence-electron chi connectivity index (χ0n) is 12.8. The van der Waals surface area contributed by atoms with Crippen molar-refractivity contribution in [1.29, 1.82) is 0 Å². The molecule has 0 fully saturated rings. The van der Waals surface area contributed by atoms with Crippen LogP contribution in [0.15, 0.2) is 16.7 Å². The van der Waals surface area contributed by atoms with Gasteiger partial charge in [0.05, 0.1) is 0 Å². The molecule has 3 nitrogen and oxygen atoms in total. The molecule has 0 aliphatic heterocycles. The van der Waals surface area contributed by atoms with Gasteiger partial charge in [-0.05, 0) is 55.6 Å². The molecule has 108 valence electrons. The van der Waals surface area contributed by atoms with E-state index in [1.807, 2.05) is 21.7 Å². The number of carbonyl (C=O) groups excluding carboxylic acids is 1. The second kappa shape index (κ2) is 6.60. The molecule has 0 saturated heterocycles. The zero-order valence-corrected chi connectivity index (χ0v) is 14.4. The molecule has 0 N–H and O–H groups in total. The lowest BCUT2D eigenvalue weighted by Gasteiger charge is -2.29. The highest BCUT2D eigenvalue weighted by Gasteiger charge is 2.23. The van der Waals surface area contributed by atoms with E-state index in [1.54, 1.807) is 0 Å². The SMILES string of the molecule is CC(C)CN(C(=O)c1cc(Br)cn1C(C)C)C(C)C. The molecule has 4 heteroatoms. The summed E-state index contributed by atoms with van der Waals surface area (Å²) in [4.78, 5) is 14.7. The Bertz CT molecular complexity index is 435. The third-order valence-electron chi connectivity index (χ3n) is 3.04. The second-order valence-electron chi connectivity index (χ2n) is 5.99. The summed E-state index contributed by atoms with van der Waals surface area (Å²) in [7, 11) is 0. The summed E-state index contributed by atoms with van der Waals surface area (Å²) in [6, 6.07) is 2.40. The van der Waals surface area contributed by atoms with Crippen molar-refractivity contribution in [3.05, 3.63) is 22.4 Å². The summed E-state index contributed by atoms with van der Waals surface area (Å²) in [6.07, 6.45) is 1.98. The first-order chi connectivity index (χ1) is 8.73. The topological polar surface area (TPSA) is 25.2 Å². The molecule has 0 saturated carbocycles. The number of amides is 1. The lowest BCUT2D eigenvalue weighted by molar-refractivity contribution is 0.0669. The second-order valence-corrected chi connectivity index (χ2v) is 6.91. The Morgan fingerprint density at radius 2 is 1.84 bits per heavy atom. The maximum atomic E-state index is 12.7. The van der Waals surface area contributed by atoms with E-state index in [0.29, 0.717) is 5.92 Å². The molecule has 0 aliphatic rings. The lowest BCUT2D eigenvalue weighted by atomic mass is 10.1. The Morgan fingerprint density at radius 3 is 2.26 bits per heavy atom. The minimum absolute atomic E-state index is 0.114. The highest BCUT2D eigenvalue weighted by atomic mass is 79.9. The molecule has 0 radical (unpaired) electrons. The fourth-order valence-electron chi connectivity index (χ4n) is 2.11. The first-order valence-corrected chi connectivity index (χ1v) is 7.71. The van der Waals surface area contributed by atoms with Crippen LogP contribution >= 0.6 is 15.9 Å². The number of carbonyl (C=O) groups is 1. The van der Waals surface area contributed by atoms with Crippen molar-refractivity contribution in [3.63, 3.8) is 0 Å². The Hall–Kier alpha value is -0.770. The third-order valence-corrected chi connectivity index (χ3v) is 3.47. The maximum absolute atomic E-state index is 12.7. The molecule has 1 heterocycles. The largest absolute Gasteiger partial charge is 0.340 e. The van der Waals surface area contributed by atoms with Gasteiger partial charge in [0.2, 0.25) is 0 Å². The number of rotatable bonds is 5. The van der Waals surface area contributed by atoms with Gasteiger partial charge in [-0.25, -0.2) is 0 Å². The molecule has 0 aliphatic carbocycles. The third kappa shape index (κ3) is 4.10. The standard InChI is InChI=1S/C15H25BrN2O/c1-10(2)8-18(12(5)6)15(19)14-7-13(16)9-17(14)11(3)4/h7,9-12H,8H2,1-6H3. The van der Waals surface area contributed by atoms with Gasteiger partial charge in [0.1, 0.15) is 5.69 Å². The van der Waals surface area contributed by atoms with Crippen molar-refractivity contribution in [2.24, 2.45) is 5.92 Å². The minimum atomic E-state index is 0.114. The average molecular weight is 329 g/mol. The molecule has 0 bridgehead atoms. The van der Waals surface area contributed by atoms with Crippen molar-refractivity contribution in [3.8, 4) is 0 Å². The Labute approximate surface area is 125 Å². The Kier molecular flexibility index (Phi) is 5.65. The maximum Gasteiger partial charge on any atom is 0.270 e. The fourth-order valence-corrected chi connectivity index (χ4v) is 2.55. The van der Waals surface area contributed by atoms with Gasteiger partial charge in [0, 0.05) is 29.3 Å². The lowest BCUT2D eigenvalue weighted by Crippen LogP contribution is -2.40. The number of hydrogen-bond acceptors (Lipinski definition) is 1. The minimum Gasteiger partial charge on any atom is -0.340 e. The summed E-state index contributed by atoms with van der Waals surface area (Å²) >= 11 is 3.47. The Morgan fingerprint density at radius 1 is 1.26 bits per heavy atom. The normalized spacial score (nSPS) is 11.7. The van der Waals surface area contributed by atoms with E-state index < -0.39 is 0 Å². The van der Waals surface area contributed by atoms with Gasteiger partial charge in [0.15, 0.2) is 0 Å². The number of aromatic nitrogens is 1. The monoisotopic (exact) mass is 328 g/mol. The number of hydrogen-bond donors (Lipinski definition) is 0. The average Bonchev–Trinajstić information content (AvgIpc) is 2.67. The van der Waals surface area contributed by atoms with E-state index in [-0.39, 0.29) is 18.0 Å². The van der Waals surface area contributed by atoms with Crippen molar-refractivity contribution in [1.82, 2.24) is 9.47 Å². The van der Waals surface area contributed by atoms with E-state index in [2.05, 4.69) is 57.5 Å². The fraction of sp³-hybridized carbons (Fsp3) is 0.667. The van der Waals surface area contributed by atoms with E-state index >= 15 is 0 Å².